The molecule has 0 bridgehead atoms. The normalized spacial score (nSPS) is 23.4. The standard InChI is InChI=1S/C21H23FN2O/c1-21(2,14-23)19-12-18(25-13-15-7-4-3-5-8-15)20(24-19)16-9-6-10-17(22)11-16/h3-11,18-20,24H,12-13H2,1-2H3/t18-,19?,20-/m1/s1. The van der Waals surface area contributed by atoms with E-state index < -0.39 is 5.41 Å². The van der Waals surface area contributed by atoms with Crippen LogP contribution in [0.2, 0.25) is 0 Å². The third kappa shape index (κ3) is 4.07. The average Bonchev–Trinajstić information content (AvgIpc) is 3.06. The number of halogens is 1. The monoisotopic (exact) mass is 338 g/mol. The van der Waals surface area contributed by atoms with Gasteiger partial charge in [-0.1, -0.05) is 42.5 Å². The summed E-state index contributed by atoms with van der Waals surface area (Å²) < 4.78 is 19.8. The molecule has 0 aliphatic carbocycles. The van der Waals surface area contributed by atoms with Gasteiger partial charge in [-0.25, -0.2) is 4.39 Å². The Kier molecular flexibility index (Phi) is 5.17. The molecule has 1 heterocycles. The maximum Gasteiger partial charge on any atom is 0.123 e. The van der Waals surface area contributed by atoms with Gasteiger partial charge in [0, 0.05) is 6.04 Å². The zero-order valence-corrected chi connectivity index (χ0v) is 14.6. The van der Waals surface area contributed by atoms with Gasteiger partial charge in [-0.3, -0.25) is 0 Å². The lowest BCUT2D eigenvalue weighted by atomic mass is 9.85. The van der Waals surface area contributed by atoms with Gasteiger partial charge in [0.2, 0.25) is 0 Å². The first kappa shape index (κ1) is 17.6. The predicted molar refractivity (Wildman–Crippen MR) is 95.1 cm³/mol. The molecule has 3 nitrogen and oxygen atoms in total. The quantitative estimate of drug-likeness (QED) is 0.881. The first-order valence-electron chi connectivity index (χ1n) is 8.58. The van der Waals surface area contributed by atoms with E-state index in [4.69, 9.17) is 4.74 Å². The summed E-state index contributed by atoms with van der Waals surface area (Å²) in [6, 6.07) is 18.8. The van der Waals surface area contributed by atoms with E-state index in [9.17, 15) is 9.65 Å². The van der Waals surface area contributed by atoms with Crippen molar-refractivity contribution in [2.24, 2.45) is 5.41 Å². The number of hydrogen-bond acceptors (Lipinski definition) is 3. The van der Waals surface area contributed by atoms with Crippen LogP contribution in [0.3, 0.4) is 0 Å². The van der Waals surface area contributed by atoms with Crippen molar-refractivity contribution in [2.45, 2.75) is 45.1 Å². The Morgan fingerprint density at radius 2 is 1.96 bits per heavy atom. The molecule has 0 amide bonds. The summed E-state index contributed by atoms with van der Waals surface area (Å²) in [6.45, 7) is 4.35. The van der Waals surface area contributed by atoms with Crippen LogP contribution in [0.1, 0.15) is 37.4 Å². The Morgan fingerprint density at radius 3 is 2.64 bits per heavy atom. The maximum atomic E-state index is 13.7. The fraction of sp³-hybridized carbons (Fsp3) is 0.381. The lowest BCUT2D eigenvalue weighted by Gasteiger charge is -2.24. The van der Waals surface area contributed by atoms with E-state index in [0.29, 0.717) is 13.0 Å². The third-order valence-electron chi connectivity index (χ3n) is 4.89. The largest absolute Gasteiger partial charge is 0.371 e. The van der Waals surface area contributed by atoms with Gasteiger partial charge in [-0.2, -0.15) is 5.26 Å². The minimum Gasteiger partial charge on any atom is -0.371 e. The first-order valence-corrected chi connectivity index (χ1v) is 8.58. The van der Waals surface area contributed by atoms with Crippen molar-refractivity contribution in [2.75, 3.05) is 0 Å². The molecule has 4 heteroatoms. The Labute approximate surface area is 148 Å². The molecule has 2 aromatic rings. The smallest absolute Gasteiger partial charge is 0.123 e. The van der Waals surface area contributed by atoms with E-state index in [1.807, 2.05) is 50.2 Å². The molecule has 3 rings (SSSR count). The molecule has 1 saturated heterocycles. The van der Waals surface area contributed by atoms with Gasteiger partial charge in [0.05, 0.1) is 30.2 Å². The van der Waals surface area contributed by atoms with Crippen molar-refractivity contribution in [1.29, 1.82) is 5.26 Å². The molecule has 1 N–H and O–H groups in total. The summed E-state index contributed by atoms with van der Waals surface area (Å²) in [5.41, 5.74) is 1.44. The minimum absolute atomic E-state index is 0.00783. The molecule has 3 atom stereocenters. The predicted octanol–water partition coefficient (Wildman–Crippen LogP) is 4.36. The molecule has 25 heavy (non-hydrogen) atoms. The second-order valence-corrected chi connectivity index (χ2v) is 7.16. The van der Waals surface area contributed by atoms with E-state index in [1.54, 1.807) is 6.07 Å². The van der Waals surface area contributed by atoms with Gasteiger partial charge in [0.1, 0.15) is 5.82 Å². The summed E-state index contributed by atoms with van der Waals surface area (Å²) in [6.07, 6.45) is 0.605. The Morgan fingerprint density at radius 1 is 1.20 bits per heavy atom. The molecule has 0 saturated carbocycles. The van der Waals surface area contributed by atoms with Crippen LogP contribution in [0.5, 0.6) is 0 Å². The number of nitriles is 1. The van der Waals surface area contributed by atoms with Gasteiger partial charge in [-0.15, -0.1) is 0 Å². The first-order chi connectivity index (χ1) is 12.0. The topological polar surface area (TPSA) is 45.0 Å². The molecule has 2 aromatic carbocycles. The van der Waals surface area contributed by atoms with Crippen LogP contribution in [-0.4, -0.2) is 12.1 Å². The summed E-state index contributed by atoms with van der Waals surface area (Å²) >= 11 is 0. The fourth-order valence-corrected chi connectivity index (χ4v) is 3.29. The Bertz CT molecular complexity index is 754. The van der Waals surface area contributed by atoms with Gasteiger partial charge < -0.3 is 10.1 Å². The highest BCUT2D eigenvalue weighted by Crippen LogP contribution is 2.37. The summed E-state index contributed by atoms with van der Waals surface area (Å²) in [4.78, 5) is 0. The van der Waals surface area contributed by atoms with Crippen LogP contribution in [0.4, 0.5) is 4.39 Å². The van der Waals surface area contributed by atoms with Gasteiger partial charge in [-0.05, 0) is 43.5 Å². The van der Waals surface area contributed by atoms with Crippen LogP contribution in [-0.2, 0) is 11.3 Å². The second-order valence-electron chi connectivity index (χ2n) is 7.16. The lowest BCUT2D eigenvalue weighted by molar-refractivity contribution is 0.0306. The molecular weight excluding hydrogens is 315 g/mol. The van der Waals surface area contributed by atoms with Gasteiger partial charge >= 0.3 is 0 Å². The Balaban J connectivity index is 1.80. The van der Waals surface area contributed by atoms with E-state index in [1.165, 1.54) is 12.1 Å². The molecule has 1 unspecified atom stereocenters. The highest BCUT2D eigenvalue weighted by molar-refractivity contribution is 5.24. The lowest BCUT2D eigenvalue weighted by Crippen LogP contribution is -2.37. The van der Waals surface area contributed by atoms with E-state index in [-0.39, 0.29) is 24.0 Å². The maximum absolute atomic E-state index is 13.7. The summed E-state index contributed by atoms with van der Waals surface area (Å²) in [7, 11) is 0. The van der Waals surface area contributed by atoms with Crippen molar-refractivity contribution in [3.63, 3.8) is 0 Å². The number of nitrogens with one attached hydrogen (secondary N) is 1. The SMILES string of the molecule is CC(C)(C#N)C1C[C@@H](OCc2ccccc2)[C@@H](c2cccc(F)c2)N1. The van der Waals surface area contributed by atoms with Gasteiger partial charge in [0.25, 0.3) is 0 Å². The summed E-state index contributed by atoms with van der Waals surface area (Å²) in [5, 5.41) is 13.0. The zero-order chi connectivity index (χ0) is 17.9. The molecule has 1 aliphatic heterocycles. The average molecular weight is 338 g/mol. The molecule has 130 valence electrons. The second kappa shape index (κ2) is 7.35. The minimum atomic E-state index is -0.517. The molecule has 0 spiro atoms. The van der Waals surface area contributed by atoms with Crippen LogP contribution >= 0.6 is 0 Å². The zero-order valence-electron chi connectivity index (χ0n) is 14.6. The number of ether oxygens (including phenoxy) is 1. The molecular formula is C21H23FN2O. The third-order valence-corrected chi connectivity index (χ3v) is 4.89. The number of nitrogens with zero attached hydrogens (tertiary/aromatic N) is 1. The van der Waals surface area contributed by atoms with Crippen LogP contribution < -0.4 is 5.32 Å². The van der Waals surface area contributed by atoms with Crippen molar-refractivity contribution < 1.29 is 9.13 Å². The molecule has 1 fully saturated rings. The number of rotatable bonds is 5. The van der Waals surface area contributed by atoms with E-state index >= 15 is 0 Å². The van der Waals surface area contributed by atoms with Crippen molar-refractivity contribution in [3.8, 4) is 6.07 Å². The van der Waals surface area contributed by atoms with Crippen molar-refractivity contribution >= 4 is 0 Å². The Hall–Kier alpha value is -2.22. The highest BCUT2D eigenvalue weighted by Gasteiger charge is 2.42. The molecule has 1 aliphatic rings. The molecule has 0 aromatic heterocycles. The van der Waals surface area contributed by atoms with Crippen LogP contribution in [0.25, 0.3) is 0 Å². The van der Waals surface area contributed by atoms with Crippen molar-refractivity contribution in [1.82, 2.24) is 5.32 Å². The number of benzene rings is 2. The van der Waals surface area contributed by atoms with Crippen LogP contribution in [0.15, 0.2) is 54.6 Å². The summed E-state index contributed by atoms with van der Waals surface area (Å²) in [5.74, 6) is -0.260. The fourth-order valence-electron chi connectivity index (χ4n) is 3.29. The van der Waals surface area contributed by atoms with Crippen molar-refractivity contribution in [3.05, 3.63) is 71.5 Å². The van der Waals surface area contributed by atoms with Gasteiger partial charge in [0.15, 0.2) is 0 Å². The number of hydrogen-bond donors (Lipinski definition) is 1. The van der Waals surface area contributed by atoms with E-state index in [0.717, 1.165) is 11.1 Å². The highest BCUT2D eigenvalue weighted by atomic mass is 19.1. The van der Waals surface area contributed by atoms with E-state index in [2.05, 4.69) is 11.4 Å². The molecule has 0 radical (unpaired) electrons. The van der Waals surface area contributed by atoms with Crippen LogP contribution in [0, 0.1) is 22.6 Å².